The van der Waals surface area contributed by atoms with Gasteiger partial charge in [-0.2, -0.15) is 0 Å². The normalized spacial score (nSPS) is 10.8. The van der Waals surface area contributed by atoms with Gasteiger partial charge in [-0.25, -0.2) is 0 Å². The summed E-state index contributed by atoms with van der Waals surface area (Å²) in [5, 5.41) is 21.0. The highest BCUT2D eigenvalue weighted by atomic mass is 16.6. The minimum absolute atomic E-state index is 0.322. The zero-order valence-electron chi connectivity index (χ0n) is 10.0. The van der Waals surface area contributed by atoms with Gasteiger partial charge >= 0.3 is 11.2 Å². The average molecular weight is 248 g/mol. The van der Waals surface area contributed by atoms with E-state index < -0.39 is 21.9 Å². The Morgan fingerprint density at radius 1 is 1.44 bits per heavy atom. The Morgan fingerprint density at radius 3 is 2.67 bits per heavy atom. The Kier molecular flexibility index (Phi) is 2.78. The molecule has 94 valence electrons. The summed E-state index contributed by atoms with van der Waals surface area (Å²) in [4.78, 5) is 21.7. The molecule has 0 aliphatic carbocycles. The van der Waals surface area contributed by atoms with Crippen molar-refractivity contribution in [3.05, 3.63) is 44.2 Å². The zero-order chi connectivity index (χ0) is 13.4. The highest BCUT2D eigenvalue weighted by Gasteiger charge is 2.24. The van der Waals surface area contributed by atoms with Crippen LogP contribution in [0.1, 0.15) is 12.5 Å². The highest BCUT2D eigenvalue weighted by molar-refractivity contribution is 5.89. The molecule has 0 atom stereocenters. The summed E-state index contributed by atoms with van der Waals surface area (Å²) in [6, 6.07) is 5.17. The van der Waals surface area contributed by atoms with Crippen molar-refractivity contribution < 1.29 is 10.0 Å². The van der Waals surface area contributed by atoms with E-state index in [1.54, 1.807) is 12.1 Å². The maximum absolute atomic E-state index is 11.8. The van der Waals surface area contributed by atoms with Gasteiger partial charge in [-0.3, -0.25) is 14.9 Å². The first-order valence-electron chi connectivity index (χ1n) is 5.46. The number of nitrogens with zero attached hydrogens (tertiary/aromatic N) is 2. The second-order valence-corrected chi connectivity index (χ2v) is 4.02. The SMILES string of the molecule is CCc1ccc2c(c1)c(O)c([N+](=O)[O-])c(=O)n2C. The minimum Gasteiger partial charge on any atom is -0.501 e. The zero-order valence-corrected chi connectivity index (χ0v) is 10.0. The summed E-state index contributed by atoms with van der Waals surface area (Å²) in [5.74, 6) is -0.562. The number of pyridine rings is 1. The largest absolute Gasteiger partial charge is 0.501 e. The van der Waals surface area contributed by atoms with Crippen LogP contribution in [0, 0.1) is 10.1 Å². The van der Waals surface area contributed by atoms with Crippen molar-refractivity contribution in [1.29, 1.82) is 0 Å². The molecule has 0 aliphatic rings. The molecule has 18 heavy (non-hydrogen) atoms. The van der Waals surface area contributed by atoms with Crippen LogP contribution >= 0.6 is 0 Å². The molecule has 1 aromatic carbocycles. The number of rotatable bonds is 2. The van der Waals surface area contributed by atoms with Crippen molar-refractivity contribution in [2.45, 2.75) is 13.3 Å². The molecule has 6 heteroatoms. The number of nitro groups is 1. The molecule has 0 fully saturated rings. The lowest BCUT2D eigenvalue weighted by Crippen LogP contribution is -2.20. The Morgan fingerprint density at radius 2 is 2.11 bits per heavy atom. The first kappa shape index (κ1) is 12.1. The van der Waals surface area contributed by atoms with E-state index in [-0.39, 0.29) is 0 Å². The van der Waals surface area contributed by atoms with E-state index in [2.05, 4.69) is 0 Å². The molecule has 0 amide bonds. The molecule has 1 aromatic heterocycles. The molecule has 0 saturated heterocycles. The molecule has 0 spiro atoms. The van der Waals surface area contributed by atoms with Crippen LogP contribution < -0.4 is 5.56 Å². The van der Waals surface area contributed by atoms with Gasteiger partial charge in [-0.05, 0) is 24.1 Å². The third-order valence-electron chi connectivity index (χ3n) is 3.00. The Bertz CT molecular complexity index is 703. The molecule has 1 heterocycles. The van der Waals surface area contributed by atoms with Gasteiger partial charge < -0.3 is 9.67 Å². The van der Waals surface area contributed by atoms with E-state index in [1.165, 1.54) is 11.6 Å². The van der Waals surface area contributed by atoms with E-state index in [9.17, 15) is 20.0 Å². The number of hydrogen-bond donors (Lipinski definition) is 1. The van der Waals surface area contributed by atoms with Crippen LogP contribution in [0.25, 0.3) is 10.9 Å². The third kappa shape index (κ3) is 1.62. The van der Waals surface area contributed by atoms with E-state index >= 15 is 0 Å². The molecule has 0 saturated carbocycles. The van der Waals surface area contributed by atoms with Gasteiger partial charge in [0.2, 0.25) is 5.75 Å². The third-order valence-corrected chi connectivity index (χ3v) is 3.00. The molecule has 0 radical (unpaired) electrons. The van der Waals surface area contributed by atoms with Crippen molar-refractivity contribution in [1.82, 2.24) is 4.57 Å². The standard InChI is InChI=1S/C12H12N2O4/c1-3-7-4-5-9-8(6-7)11(15)10(14(17)18)12(16)13(9)2/h4-6,15H,3H2,1-2H3. The van der Waals surface area contributed by atoms with Crippen molar-refractivity contribution in [3.63, 3.8) is 0 Å². The fourth-order valence-electron chi connectivity index (χ4n) is 1.95. The van der Waals surface area contributed by atoms with Crippen molar-refractivity contribution in [2.75, 3.05) is 0 Å². The van der Waals surface area contributed by atoms with Crippen LogP contribution in [-0.4, -0.2) is 14.6 Å². The van der Waals surface area contributed by atoms with Crippen LogP contribution in [0.4, 0.5) is 5.69 Å². The molecule has 6 nitrogen and oxygen atoms in total. The average Bonchev–Trinajstić information content (AvgIpc) is 2.35. The second-order valence-electron chi connectivity index (χ2n) is 4.02. The molecule has 1 N–H and O–H groups in total. The van der Waals surface area contributed by atoms with E-state index in [4.69, 9.17) is 0 Å². The number of aryl methyl sites for hydroxylation is 2. The van der Waals surface area contributed by atoms with Crippen LogP contribution in [0.5, 0.6) is 5.75 Å². The smallest absolute Gasteiger partial charge is 0.375 e. The molecular weight excluding hydrogens is 236 g/mol. The van der Waals surface area contributed by atoms with Gasteiger partial charge in [0.25, 0.3) is 0 Å². The molecule has 2 aromatic rings. The summed E-state index contributed by atoms with van der Waals surface area (Å²) in [5.41, 5.74) is -0.182. The monoisotopic (exact) mass is 248 g/mol. The fraction of sp³-hybridized carbons (Fsp3) is 0.250. The van der Waals surface area contributed by atoms with E-state index in [0.29, 0.717) is 10.9 Å². The van der Waals surface area contributed by atoms with Crippen LogP contribution in [0.15, 0.2) is 23.0 Å². The number of benzene rings is 1. The van der Waals surface area contributed by atoms with Gasteiger partial charge in [0.15, 0.2) is 0 Å². The van der Waals surface area contributed by atoms with Crippen molar-refractivity contribution in [2.24, 2.45) is 7.05 Å². The number of hydrogen-bond acceptors (Lipinski definition) is 4. The van der Waals surface area contributed by atoms with Gasteiger partial charge in [-0.15, -0.1) is 0 Å². The molecule has 0 aliphatic heterocycles. The summed E-state index contributed by atoms with van der Waals surface area (Å²) >= 11 is 0. The van der Waals surface area contributed by atoms with Crippen molar-refractivity contribution in [3.8, 4) is 5.75 Å². The topological polar surface area (TPSA) is 85.4 Å². The number of aromatic nitrogens is 1. The lowest BCUT2D eigenvalue weighted by molar-refractivity contribution is -0.387. The lowest BCUT2D eigenvalue weighted by atomic mass is 10.1. The summed E-state index contributed by atoms with van der Waals surface area (Å²) < 4.78 is 1.17. The number of aromatic hydroxyl groups is 1. The maximum Gasteiger partial charge on any atom is 0.375 e. The Labute approximate surface area is 102 Å². The first-order chi connectivity index (χ1) is 8.47. The molecule has 0 unspecified atom stereocenters. The fourth-order valence-corrected chi connectivity index (χ4v) is 1.95. The summed E-state index contributed by atoms with van der Waals surface area (Å²) in [6.07, 6.45) is 0.742. The summed E-state index contributed by atoms with van der Waals surface area (Å²) in [6.45, 7) is 1.94. The second kappa shape index (κ2) is 4.14. The minimum atomic E-state index is -0.851. The lowest BCUT2D eigenvalue weighted by Gasteiger charge is -2.08. The van der Waals surface area contributed by atoms with E-state index in [0.717, 1.165) is 12.0 Å². The number of fused-ring (bicyclic) bond motifs is 1. The van der Waals surface area contributed by atoms with Crippen LogP contribution in [0.2, 0.25) is 0 Å². The predicted octanol–water partition coefficient (Wildman–Crippen LogP) is 1.71. The van der Waals surface area contributed by atoms with Gasteiger partial charge in [0.1, 0.15) is 0 Å². The van der Waals surface area contributed by atoms with Crippen LogP contribution in [0.3, 0.4) is 0 Å². The Hall–Kier alpha value is -2.37. The summed E-state index contributed by atoms with van der Waals surface area (Å²) in [7, 11) is 1.45. The highest BCUT2D eigenvalue weighted by Crippen LogP contribution is 2.31. The first-order valence-corrected chi connectivity index (χ1v) is 5.46. The van der Waals surface area contributed by atoms with Gasteiger partial charge in [-0.1, -0.05) is 13.0 Å². The Balaban J connectivity index is 2.99. The van der Waals surface area contributed by atoms with Gasteiger partial charge in [0, 0.05) is 12.4 Å². The van der Waals surface area contributed by atoms with E-state index in [1.807, 2.05) is 13.0 Å². The van der Waals surface area contributed by atoms with Crippen molar-refractivity contribution >= 4 is 16.6 Å². The van der Waals surface area contributed by atoms with Gasteiger partial charge in [0.05, 0.1) is 10.4 Å². The molecular formula is C12H12N2O4. The van der Waals surface area contributed by atoms with Crippen LogP contribution in [-0.2, 0) is 13.5 Å². The molecule has 0 bridgehead atoms. The maximum atomic E-state index is 11.8. The quantitative estimate of drug-likeness (QED) is 0.647. The molecule has 2 rings (SSSR count). The predicted molar refractivity (Wildman–Crippen MR) is 66.9 cm³/mol.